The highest BCUT2D eigenvalue weighted by atomic mass is 32.1. The Morgan fingerprint density at radius 2 is 2.14 bits per heavy atom. The predicted molar refractivity (Wildman–Crippen MR) is 85.7 cm³/mol. The fourth-order valence-corrected chi connectivity index (χ4v) is 3.30. The van der Waals surface area contributed by atoms with E-state index in [0.29, 0.717) is 0 Å². The SMILES string of the molecule is Cc1csc(CN(C)C[C@H]2CC(c3ccccc3)=NO2)n1. The maximum absolute atomic E-state index is 5.56. The molecule has 0 saturated heterocycles. The molecular formula is C16H19N3OS. The third kappa shape index (κ3) is 3.68. The van der Waals surface area contributed by atoms with Crippen molar-refractivity contribution >= 4 is 17.0 Å². The number of hydrogen-bond acceptors (Lipinski definition) is 5. The average molecular weight is 301 g/mol. The van der Waals surface area contributed by atoms with Crippen LogP contribution >= 0.6 is 11.3 Å². The molecule has 0 saturated carbocycles. The van der Waals surface area contributed by atoms with Crippen LogP contribution < -0.4 is 0 Å². The van der Waals surface area contributed by atoms with Crippen LogP contribution in [0, 0.1) is 6.92 Å². The smallest absolute Gasteiger partial charge is 0.145 e. The first-order chi connectivity index (χ1) is 10.2. The summed E-state index contributed by atoms with van der Waals surface area (Å²) in [6.07, 6.45) is 0.997. The van der Waals surface area contributed by atoms with E-state index in [9.17, 15) is 0 Å². The minimum Gasteiger partial charge on any atom is -0.390 e. The van der Waals surface area contributed by atoms with E-state index in [4.69, 9.17) is 4.84 Å². The summed E-state index contributed by atoms with van der Waals surface area (Å²) in [5.74, 6) is 0. The first-order valence-electron chi connectivity index (χ1n) is 7.08. The van der Waals surface area contributed by atoms with Crippen LogP contribution in [0.1, 0.15) is 22.7 Å². The number of aromatic nitrogens is 1. The Morgan fingerprint density at radius 3 is 2.86 bits per heavy atom. The number of likely N-dealkylation sites (N-methyl/N-ethyl adjacent to an activating group) is 1. The number of hydrogen-bond donors (Lipinski definition) is 0. The van der Waals surface area contributed by atoms with Gasteiger partial charge >= 0.3 is 0 Å². The lowest BCUT2D eigenvalue weighted by Crippen LogP contribution is -2.29. The Labute approximate surface area is 129 Å². The van der Waals surface area contributed by atoms with Crippen LogP contribution in [0.2, 0.25) is 0 Å². The fourth-order valence-electron chi connectivity index (χ4n) is 2.45. The van der Waals surface area contributed by atoms with Crippen molar-refractivity contribution in [3.63, 3.8) is 0 Å². The minimum absolute atomic E-state index is 0.131. The van der Waals surface area contributed by atoms with Gasteiger partial charge in [0.2, 0.25) is 0 Å². The molecule has 4 nitrogen and oxygen atoms in total. The summed E-state index contributed by atoms with van der Waals surface area (Å²) >= 11 is 1.71. The lowest BCUT2D eigenvalue weighted by Gasteiger charge is -2.18. The van der Waals surface area contributed by atoms with Gasteiger partial charge in [0, 0.05) is 24.0 Å². The molecule has 1 atom stereocenters. The molecule has 0 spiro atoms. The monoisotopic (exact) mass is 301 g/mol. The summed E-state index contributed by atoms with van der Waals surface area (Å²) < 4.78 is 0. The zero-order valence-electron chi connectivity index (χ0n) is 12.3. The topological polar surface area (TPSA) is 37.7 Å². The van der Waals surface area contributed by atoms with Gasteiger partial charge in [-0.3, -0.25) is 4.90 Å². The second kappa shape index (κ2) is 6.37. The molecule has 0 amide bonds. The van der Waals surface area contributed by atoms with Gasteiger partial charge in [-0.25, -0.2) is 4.98 Å². The first-order valence-corrected chi connectivity index (χ1v) is 7.96. The van der Waals surface area contributed by atoms with Gasteiger partial charge in [-0.15, -0.1) is 11.3 Å². The summed E-state index contributed by atoms with van der Waals surface area (Å²) in [6, 6.07) is 10.2. The Morgan fingerprint density at radius 1 is 1.33 bits per heavy atom. The highest BCUT2D eigenvalue weighted by molar-refractivity contribution is 7.09. The second-order valence-corrected chi connectivity index (χ2v) is 6.36. The van der Waals surface area contributed by atoms with Crippen LogP contribution in [0.5, 0.6) is 0 Å². The summed E-state index contributed by atoms with van der Waals surface area (Å²) in [4.78, 5) is 12.3. The standard InChI is InChI=1S/C16H19N3OS/c1-12-11-21-16(17-12)10-19(2)9-14-8-15(18-20-14)13-6-4-3-5-7-13/h3-7,11,14H,8-10H2,1-2H3/t14-/m1/s1. The van der Waals surface area contributed by atoms with E-state index in [1.165, 1.54) is 0 Å². The van der Waals surface area contributed by atoms with E-state index in [0.717, 1.165) is 41.5 Å². The molecular weight excluding hydrogens is 282 g/mol. The van der Waals surface area contributed by atoms with Crippen LogP contribution in [-0.2, 0) is 11.4 Å². The van der Waals surface area contributed by atoms with E-state index in [2.05, 4.69) is 39.6 Å². The summed E-state index contributed by atoms with van der Waals surface area (Å²) in [6.45, 7) is 3.75. The molecule has 0 aliphatic carbocycles. The number of oxime groups is 1. The lowest BCUT2D eigenvalue weighted by molar-refractivity contribution is 0.0576. The van der Waals surface area contributed by atoms with Gasteiger partial charge < -0.3 is 4.84 Å². The van der Waals surface area contributed by atoms with Crippen molar-refractivity contribution in [2.45, 2.75) is 26.0 Å². The number of benzene rings is 1. The summed E-state index contributed by atoms with van der Waals surface area (Å²) in [5, 5.41) is 7.47. The van der Waals surface area contributed by atoms with E-state index in [1.54, 1.807) is 11.3 Å². The molecule has 3 rings (SSSR count). The van der Waals surface area contributed by atoms with Crippen molar-refractivity contribution in [3.8, 4) is 0 Å². The van der Waals surface area contributed by atoms with Crippen molar-refractivity contribution in [2.24, 2.45) is 5.16 Å². The van der Waals surface area contributed by atoms with Crippen LogP contribution in [0.3, 0.4) is 0 Å². The quantitative estimate of drug-likeness (QED) is 0.852. The van der Waals surface area contributed by atoms with Crippen LogP contribution in [0.25, 0.3) is 0 Å². The van der Waals surface area contributed by atoms with Crippen LogP contribution in [-0.4, -0.2) is 35.3 Å². The molecule has 2 heterocycles. The Bertz CT molecular complexity index is 623. The molecule has 5 heteroatoms. The van der Waals surface area contributed by atoms with E-state index < -0.39 is 0 Å². The molecule has 0 unspecified atom stereocenters. The number of aryl methyl sites for hydroxylation is 1. The highest BCUT2D eigenvalue weighted by Crippen LogP contribution is 2.18. The molecule has 1 aromatic heterocycles. The molecule has 1 aromatic carbocycles. The molecule has 2 aromatic rings. The normalized spacial score (nSPS) is 17.9. The molecule has 0 N–H and O–H groups in total. The van der Waals surface area contributed by atoms with E-state index >= 15 is 0 Å². The summed E-state index contributed by atoms with van der Waals surface area (Å²) in [5.41, 5.74) is 3.28. The molecule has 110 valence electrons. The molecule has 1 aliphatic heterocycles. The number of nitrogens with zero attached hydrogens (tertiary/aromatic N) is 3. The van der Waals surface area contributed by atoms with Crippen molar-refractivity contribution in [1.82, 2.24) is 9.88 Å². The Kier molecular flexibility index (Phi) is 4.31. The first kappa shape index (κ1) is 14.2. The fraction of sp³-hybridized carbons (Fsp3) is 0.375. The largest absolute Gasteiger partial charge is 0.390 e. The van der Waals surface area contributed by atoms with Gasteiger partial charge in [0.25, 0.3) is 0 Å². The zero-order chi connectivity index (χ0) is 14.7. The maximum atomic E-state index is 5.56. The second-order valence-electron chi connectivity index (χ2n) is 5.41. The van der Waals surface area contributed by atoms with Crippen molar-refractivity contribution in [2.75, 3.05) is 13.6 Å². The summed E-state index contributed by atoms with van der Waals surface area (Å²) in [7, 11) is 2.10. The van der Waals surface area contributed by atoms with Crippen molar-refractivity contribution in [1.29, 1.82) is 0 Å². The van der Waals surface area contributed by atoms with Gasteiger partial charge in [-0.1, -0.05) is 35.5 Å². The van der Waals surface area contributed by atoms with Gasteiger partial charge in [0.15, 0.2) is 0 Å². The van der Waals surface area contributed by atoms with E-state index in [1.807, 2.05) is 25.1 Å². The minimum atomic E-state index is 0.131. The zero-order valence-corrected chi connectivity index (χ0v) is 13.1. The number of rotatable bonds is 5. The highest BCUT2D eigenvalue weighted by Gasteiger charge is 2.23. The average Bonchev–Trinajstić information content (AvgIpc) is 3.09. The molecule has 21 heavy (non-hydrogen) atoms. The van der Waals surface area contributed by atoms with Gasteiger partial charge in [-0.2, -0.15) is 0 Å². The maximum Gasteiger partial charge on any atom is 0.145 e. The van der Waals surface area contributed by atoms with Gasteiger partial charge in [0.1, 0.15) is 11.1 Å². The Balaban J connectivity index is 1.51. The molecule has 0 radical (unpaired) electrons. The molecule has 1 aliphatic rings. The molecule has 0 fully saturated rings. The van der Waals surface area contributed by atoms with Crippen LogP contribution in [0.15, 0.2) is 40.9 Å². The number of thiazole rings is 1. The molecule has 0 bridgehead atoms. The third-order valence-corrected chi connectivity index (χ3v) is 4.38. The van der Waals surface area contributed by atoms with E-state index in [-0.39, 0.29) is 6.10 Å². The van der Waals surface area contributed by atoms with Gasteiger partial charge in [0.05, 0.1) is 12.3 Å². The van der Waals surface area contributed by atoms with Gasteiger partial charge in [-0.05, 0) is 19.5 Å². The van der Waals surface area contributed by atoms with Crippen molar-refractivity contribution in [3.05, 3.63) is 52.0 Å². The van der Waals surface area contributed by atoms with Crippen molar-refractivity contribution < 1.29 is 4.84 Å². The Hall–Kier alpha value is -1.72. The lowest BCUT2D eigenvalue weighted by atomic mass is 10.1. The van der Waals surface area contributed by atoms with Crippen LogP contribution in [0.4, 0.5) is 0 Å². The predicted octanol–water partition coefficient (Wildman–Crippen LogP) is 3.08. The third-order valence-electron chi connectivity index (χ3n) is 3.43.